The molecule has 0 aromatic heterocycles. The van der Waals surface area contributed by atoms with Crippen LogP contribution in [0.2, 0.25) is 5.02 Å². The number of esters is 1. The van der Waals surface area contributed by atoms with Crippen LogP contribution in [0.25, 0.3) is 0 Å². The van der Waals surface area contributed by atoms with Crippen LogP contribution < -0.4 is 0 Å². The van der Waals surface area contributed by atoms with Crippen molar-refractivity contribution in [2.24, 2.45) is 10.2 Å². The molecule has 0 N–H and O–H groups in total. The van der Waals surface area contributed by atoms with Crippen LogP contribution in [0.1, 0.15) is 19.4 Å². The predicted molar refractivity (Wildman–Crippen MR) is 71.6 cm³/mol. The van der Waals surface area contributed by atoms with E-state index in [0.29, 0.717) is 10.7 Å². The van der Waals surface area contributed by atoms with Crippen LogP contribution in [-0.4, -0.2) is 17.6 Å². The number of ether oxygens (including phenoxy) is 1. The zero-order valence-corrected chi connectivity index (χ0v) is 11.9. The molecule has 0 spiro atoms. The number of benzene rings is 1. The molecule has 1 atom stereocenters. The average molecular weight is 289 g/mol. The van der Waals surface area contributed by atoms with Crippen molar-refractivity contribution >= 4 is 34.9 Å². The summed E-state index contributed by atoms with van der Waals surface area (Å²) in [5.74, 6) is -0.631. The molecule has 0 bridgehead atoms. The van der Waals surface area contributed by atoms with E-state index in [9.17, 15) is 4.79 Å². The molecule has 1 unspecified atom stereocenters. The fraction of sp³-hybridized carbons (Fsp3) is 0.417. The molecule has 98 valence electrons. The van der Waals surface area contributed by atoms with Crippen LogP contribution in [0, 0.1) is 6.92 Å². The SMILES string of the molecule is CCOC(=O)C(C)(Cl)N=Nc1ccc(C)c(Cl)c1. The molecule has 0 heterocycles. The Morgan fingerprint density at radius 3 is 2.72 bits per heavy atom. The van der Waals surface area contributed by atoms with Gasteiger partial charge in [0.2, 0.25) is 5.00 Å². The Hall–Kier alpha value is -1.13. The first-order valence-corrected chi connectivity index (χ1v) is 6.17. The maximum Gasteiger partial charge on any atom is 0.351 e. The number of aryl methyl sites for hydroxylation is 1. The first-order valence-electron chi connectivity index (χ1n) is 5.42. The van der Waals surface area contributed by atoms with E-state index in [1.165, 1.54) is 6.92 Å². The summed E-state index contributed by atoms with van der Waals surface area (Å²) in [6, 6.07) is 5.20. The zero-order valence-electron chi connectivity index (χ0n) is 10.4. The molecule has 6 heteroatoms. The lowest BCUT2D eigenvalue weighted by molar-refractivity contribution is -0.145. The second-order valence-corrected chi connectivity index (χ2v) is 4.95. The van der Waals surface area contributed by atoms with Gasteiger partial charge in [0, 0.05) is 5.02 Å². The van der Waals surface area contributed by atoms with Crippen molar-refractivity contribution in [2.45, 2.75) is 25.8 Å². The van der Waals surface area contributed by atoms with Gasteiger partial charge < -0.3 is 4.74 Å². The minimum Gasteiger partial charge on any atom is -0.463 e. The third-order valence-electron chi connectivity index (χ3n) is 2.16. The fourth-order valence-corrected chi connectivity index (χ4v) is 1.37. The lowest BCUT2D eigenvalue weighted by Crippen LogP contribution is -2.28. The highest BCUT2D eigenvalue weighted by Gasteiger charge is 2.32. The van der Waals surface area contributed by atoms with Gasteiger partial charge >= 0.3 is 5.97 Å². The highest BCUT2D eigenvalue weighted by Crippen LogP contribution is 2.25. The molecule has 0 fully saturated rings. The number of alkyl halides is 1. The van der Waals surface area contributed by atoms with Crippen molar-refractivity contribution < 1.29 is 9.53 Å². The molecule has 1 aromatic carbocycles. The maximum absolute atomic E-state index is 11.5. The molecule has 0 aliphatic rings. The normalized spacial score (nSPS) is 14.5. The Kier molecular flexibility index (Phi) is 5.11. The third-order valence-corrected chi connectivity index (χ3v) is 2.79. The van der Waals surface area contributed by atoms with Gasteiger partial charge in [0.1, 0.15) is 0 Å². The summed E-state index contributed by atoms with van der Waals surface area (Å²) >= 11 is 11.9. The number of nitrogens with zero attached hydrogens (tertiary/aromatic N) is 2. The van der Waals surface area contributed by atoms with Crippen LogP contribution in [-0.2, 0) is 9.53 Å². The van der Waals surface area contributed by atoms with Gasteiger partial charge in [-0.15, -0.1) is 0 Å². The molecule has 1 aromatic rings. The Morgan fingerprint density at radius 2 is 2.17 bits per heavy atom. The van der Waals surface area contributed by atoms with E-state index in [1.807, 2.05) is 13.0 Å². The Balaban J connectivity index is 2.85. The van der Waals surface area contributed by atoms with Crippen molar-refractivity contribution in [3.63, 3.8) is 0 Å². The number of hydrogen-bond donors (Lipinski definition) is 0. The van der Waals surface area contributed by atoms with Crippen LogP contribution >= 0.6 is 23.2 Å². The van der Waals surface area contributed by atoms with Crippen molar-refractivity contribution in [3.8, 4) is 0 Å². The third kappa shape index (κ3) is 3.96. The van der Waals surface area contributed by atoms with Crippen molar-refractivity contribution in [3.05, 3.63) is 28.8 Å². The van der Waals surface area contributed by atoms with Gasteiger partial charge in [0.15, 0.2) is 0 Å². The number of carbonyl (C=O) groups excluding carboxylic acids is 1. The summed E-state index contributed by atoms with van der Waals surface area (Å²) in [6.07, 6.45) is 0. The van der Waals surface area contributed by atoms with Gasteiger partial charge in [0.05, 0.1) is 12.3 Å². The molecular formula is C12H14Cl2N2O2. The van der Waals surface area contributed by atoms with Crippen LogP contribution in [0.4, 0.5) is 5.69 Å². The maximum atomic E-state index is 11.5. The number of carbonyl (C=O) groups is 1. The standard InChI is InChI=1S/C12H14Cl2N2O2/c1-4-18-11(17)12(3,14)16-15-9-6-5-8(2)10(13)7-9/h5-7H,4H2,1-3H3. The number of halogens is 2. The summed E-state index contributed by atoms with van der Waals surface area (Å²) in [7, 11) is 0. The van der Waals surface area contributed by atoms with Crippen molar-refractivity contribution in [2.75, 3.05) is 6.61 Å². The van der Waals surface area contributed by atoms with Gasteiger partial charge in [-0.2, -0.15) is 10.2 Å². The van der Waals surface area contributed by atoms with Gasteiger partial charge in [-0.05, 0) is 38.5 Å². The smallest absolute Gasteiger partial charge is 0.351 e. The molecule has 0 saturated heterocycles. The largest absolute Gasteiger partial charge is 0.463 e. The molecule has 18 heavy (non-hydrogen) atoms. The minimum absolute atomic E-state index is 0.243. The van der Waals surface area contributed by atoms with Gasteiger partial charge in [-0.1, -0.05) is 29.3 Å². The first kappa shape index (κ1) is 14.9. The highest BCUT2D eigenvalue weighted by molar-refractivity contribution is 6.33. The predicted octanol–water partition coefficient (Wildman–Crippen LogP) is 4.25. The lowest BCUT2D eigenvalue weighted by Gasteiger charge is -2.13. The highest BCUT2D eigenvalue weighted by atomic mass is 35.5. The molecule has 0 radical (unpaired) electrons. The summed E-state index contributed by atoms with van der Waals surface area (Å²) in [5.41, 5.74) is 1.47. The zero-order chi connectivity index (χ0) is 13.8. The number of rotatable bonds is 4. The quantitative estimate of drug-likeness (QED) is 0.360. The number of azo groups is 1. The molecule has 0 aliphatic carbocycles. The van der Waals surface area contributed by atoms with Crippen LogP contribution in [0.3, 0.4) is 0 Å². The fourth-order valence-electron chi connectivity index (χ4n) is 1.10. The summed E-state index contributed by atoms with van der Waals surface area (Å²) in [5, 5.41) is 8.25. The minimum atomic E-state index is -1.52. The van der Waals surface area contributed by atoms with E-state index >= 15 is 0 Å². The summed E-state index contributed by atoms with van der Waals surface area (Å²) in [6.45, 7) is 5.24. The molecular weight excluding hydrogens is 275 g/mol. The number of hydrogen-bond acceptors (Lipinski definition) is 4. The topological polar surface area (TPSA) is 51.0 Å². The van der Waals surface area contributed by atoms with E-state index in [0.717, 1.165) is 5.56 Å². The molecule has 1 rings (SSSR count). The van der Waals surface area contributed by atoms with Crippen LogP contribution in [0.15, 0.2) is 28.4 Å². The van der Waals surface area contributed by atoms with Gasteiger partial charge in [0.25, 0.3) is 0 Å². The van der Waals surface area contributed by atoms with E-state index in [1.54, 1.807) is 19.1 Å². The molecule has 0 saturated carbocycles. The Bertz CT molecular complexity index is 473. The van der Waals surface area contributed by atoms with Gasteiger partial charge in [-0.3, -0.25) is 0 Å². The van der Waals surface area contributed by atoms with E-state index in [-0.39, 0.29) is 6.61 Å². The Labute approximate surface area is 116 Å². The molecule has 4 nitrogen and oxygen atoms in total. The average Bonchev–Trinajstić information content (AvgIpc) is 2.31. The van der Waals surface area contributed by atoms with Crippen molar-refractivity contribution in [1.82, 2.24) is 0 Å². The molecule has 0 aliphatic heterocycles. The second-order valence-electron chi connectivity index (χ2n) is 3.81. The second kappa shape index (κ2) is 6.16. The monoisotopic (exact) mass is 288 g/mol. The summed E-state index contributed by atoms with van der Waals surface area (Å²) < 4.78 is 4.79. The van der Waals surface area contributed by atoms with E-state index in [2.05, 4.69) is 10.2 Å². The Morgan fingerprint density at radius 1 is 1.50 bits per heavy atom. The van der Waals surface area contributed by atoms with E-state index in [4.69, 9.17) is 27.9 Å². The van der Waals surface area contributed by atoms with Crippen molar-refractivity contribution in [1.29, 1.82) is 0 Å². The van der Waals surface area contributed by atoms with Gasteiger partial charge in [-0.25, -0.2) is 4.79 Å². The van der Waals surface area contributed by atoms with E-state index < -0.39 is 11.0 Å². The van der Waals surface area contributed by atoms with Crippen LogP contribution in [0.5, 0.6) is 0 Å². The summed E-state index contributed by atoms with van der Waals surface area (Å²) in [4.78, 5) is 9.95. The first-order chi connectivity index (χ1) is 8.36. The molecule has 0 amide bonds. The lowest BCUT2D eigenvalue weighted by atomic mass is 10.2.